The Labute approximate surface area is 124 Å². The lowest BCUT2D eigenvalue weighted by molar-refractivity contribution is -0.0488. The summed E-state index contributed by atoms with van der Waals surface area (Å²) in [4.78, 5) is 18.7. The van der Waals surface area contributed by atoms with E-state index in [1.165, 1.54) is 4.90 Å². The van der Waals surface area contributed by atoms with Crippen molar-refractivity contribution in [1.29, 1.82) is 0 Å². The Morgan fingerprint density at radius 3 is 2.86 bits per heavy atom. The molecule has 1 amide bonds. The molecule has 7 nitrogen and oxygen atoms in total. The lowest BCUT2D eigenvalue weighted by atomic mass is 9.94. The molecule has 1 atom stereocenters. The van der Waals surface area contributed by atoms with E-state index >= 15 is 0 Å². The van der Waals surface area contributed by atoms with Gasteiger partial charge in [0.1, 0.15) is 5.82 Å². The number of hydrogen-bond donors (Lipinski definition) is 2. The number of nitrogens with two attached hydrogens (primary N) is 1. The largest absolute Gasteiger partial charge is 0.465 e. The van der Waals surface area contributed by atoms with E-state index in [1.807, 2.05) is 19.9 Å². The molecule has 1 saturated heterocycles. The first-order valence-corrected chi connectivity index (χ1v) is 6.87. The zero-order valence-electron chi connectivity index (χ0n) is 12.6. The van der Waals surface area contributed by atoms with Crippen LogP contribution in [0.15, 0.2) is 18.3 Å². The molecular weight excluding hydrogens is 272 g/mol. The van der Waals surface area contributed by atoms with Crippen molar-refractivity contribution in [2.24, 2.45) is 0 Å². The first kappa shape index (κ1) is 15.4. The van der Waals surface area contributed by atoms with Gasteiger partial charge >= 0.3 is 6.09 Å². The van der Waals surface area contributed by atoms with Gasteiger partial charge in [0.05, 0.1) is 30.1 Å². The molecule has 2 heterocycles. The Balaban J connectivity index is 2.13. The summed E-state index contributed by atoms with van der Waals surface area (Å²) in [5.41, 5.74) is 5.94. The lowest BCUT2D eigenvalue weighted by Crippen LogP contribution is -2.59. The molecule has 1 aliphatic heterocycles. The molecule has 1 fully saturated rings. The minimum Gasteiger partial charge on any atom is -0.465 e. The van der Waals surface area contributed by atoms with Crippen molar-refractivity contribution in [2.45, 2.75) is 25.5 Å². The summed E-state index contributed by atoms with van der Waals surface area (Å²) in [7, 11) is 1.56. The molecular formula is C14H22N4O3. The summed E-state index contributed by atoms with van der Waals surface area (Å²) in [6.07, 6.45) is 0.547. The summed E-state index contributed by atoms with van der Waals surface area (Å²) < 4.78 is 5.80. The van der Waals surface area contributed by atoms with Crippen molar-refractivity contribution in [3.05, 3.63) is 18.3 Å². The number of ether oxygens (including phenoxy) is 1. The number of carbonyl (C=O) groups is 1. The van der Waals surface area contributed by atoms with E-state index < -0.39 is 11.6 Å². The van der Waals surface area contributed by atoms with Crippen molar-refractivity contribution in [2.75, 3.05) is 37.4 Å². The Hall–Kier alpha value is -2.02. The second-order valence-electron chi connectivity index (χ2n) is 5.74. The van der Waals surface area contributed by atoms with E-state index in [9.17, 15) is 9.90 Å². The van der Waals surface area contributed by atoms with Gasteiger partial charge in [-0.15, -0.1) is 0 Å². The van der Waals surface area contributed by atoms with Crippen molar-refractivity contribution in [3.8, 4) is 0 Å². The molecule has 0 spiro atoms. The van der Waals surface area contributed by atoms with E-state index in [-0.39, 0.29) is 6.10 Å². The van der Waals surface area contributed by atoms with Gasteiger partial charge in [0.2, 0.25) is 0 Å². The maximum absolute atomic E-state index is 11.2. The first-order valence-electron chi connectivity index (χ1n) is 6.87. The summed E-state index contributed by atoms with van der Waals surface area (Å²) >= 11 is 0. The van der Waals surface area contributed by atoms with Crippen LogP contribution < -0.4 is 10.6 Å². The zero-order valence-corrected chi connectivity index (χ0v) is 12.6. The molecule has 0 radical (unpaired) electrons. The van der Waals surface area contributed by atoms with Crippen LogP contribution in [-0.2, 0) is 4.74 Å². The lowest BCUT2D eigenvalue weighted by Gasteiger charge is -2.45. The number of likely N-dealkylation sites (N-methyl/N-ethyl adjacent to an activating group) is 1. The van der Waals surface area contributed by atoms with Gasteiger partial charge in [0.15, 0.2) is 0 Å². The number of nitrogen functional groups attached to an aromatic ring is 1. The van der Waals surface area contributed by atoms with Crippen LogP contribution in [0.1, 0.15) is 13.8 Å². The number of rotatable bonds is 3. The molecule has 1 unspecified atom stereocenters. The van der Waals surface area contributed by atoms with Crippen LogP contribution in [-0.4, -0.2) is 59.5 Å². The van der Waals surface area contributed by atoms with Gasteiger partial charge in [-0.3, -0.25) is 0 Å². The van der Waals surface area contributed by atoms with Crippen LogP contribution in [0.3, 0.4) is 0 Å². The van der Waals surface area contributed by atoms with Gasteiger partial charge in [0.25, 0.3) is 0 Å². The van der Waals surface area contributed by atoms with Crippen molar-refractivity contribution in [1.82, 2.24) is 9.88 Å². The average molecular weight is 294 g/mol. The second-order valence-corrected chi connectivity index (χ2v) is 5.74. The fourth-order valence-electron chi connectivity index (χ4n) is 2.36. The highest BCUT2D eigenvalue weighted by Gasteiger charge is 2.39. The zero-order chi connectivity index (χ0) is 15.6. The van der Waals surface area contributed by atoms with Gasteiger partial charge < -0.3 is 25.4 Å². The number of hydrogen-bond acceptors (Lipinski definition) is 5. The smallest absolute Gasteiger partial charge is 0.407 e. The van der Waals surface area contributed by atoms with Crippen LogP contribution in [0, 0.1) is 0 Å². The highest BCUT2D eigenvalue weighted by Crippen LogP contribution is 2.26. The van der Waals surface area contributed by atoms with Crippen LogP contribution in [0.2, 0.25) is 0 Å². The third kappa shape index (κ3) is 3.18. The van der Waals surface area contributed by atoms with Crippen molar-refractivity contribution >= 4 is 17.6 Å². The minimum atomic E-state index is -0.963. The van der Waals surface area contributed by atoms with Crippen LogP contribution in [0.25, 0.3) is 0 Å². The van der Waals surface area contributed by atoms with E-state index in [0.717, 1.165) is 12.2 Å². The molecule has 1 aromatic heterocycles. The third-order valence-electron chi connectivity index (χ3n) is 4.14. The maximum Gasteiger partial charge on any atom is 0.407 e. The quantitative estimate of drug-likeness (QED) is 0.872. The summed E-state index contributed by atoms with van der Waals surface area (Å²) in [5.74, 6) is 0.481. The average Bonchev–Trinajstić information content (AvgIpc) is 2.47. The normalized spacial score (nSPS) is 19.4. The fourth-order valence-corrected chi connectivity index (χ4v) is 2.36. The van der Waals surface area contributed by atoms with E-state index in [0.29, 0.717) is 19.0 Å². The van der Waals surface area contributed by atoms with E-state index in [2.05, 4.69) is 9.88 Å². The van der Waals surface area contributed by atoms with Gasteiger partial charge in [-0.05, 0) is 26.0 Å². The van der Waals surface area contributed by atoms with Gasteiger partial charge in [0, 0.05) is 20.1 Å². The highest BCUT2D eigenvalue weighted by molar-refractivity contribution is 5.65. The number of carboxylic acid groups (broad SMARTS) is 1. The molecule has 1 aromatic rings. The number of pyridine rings is 1. The van der Waals surface area contributed by atoms with Crippen LogP contribution in [0.4, 0.5) is 16.3 Å². The van der Waals surface area contributed by atoms with Gasteiger partial charge in [-0.1, -0.05) is 0 Å². The number of nitrogens with zero attached hydrogens (tertiary/aromatic N) is 3. The molecule has 116 valence electrons. The number of aromatic nitrogens is 1. The van der Waals surface area contributed by atoms with Crippen LogP contribution in [0.5, 0.6) is 0 Å². The van der Waals surface area contributed by atoms with E-state index in [4.69, 9.17) is 10.5 Å². The molecule has 0 aromatic carbocycles. The van der Waals surface area contributed by atoms with E-state index in [1.54, 1.807) is 19.3 Å². The Kier molecular flexibility index (Phi) is 4.22. The fraction of sp³-hybridized carbons (Fsp3) is 0.571. The number of anilines is 2. The molecule has 7 heteroatoms. The Morgan fingerprint density at radius 1 is 1.57 bits per heavy atom. The SMILES string of the molecule is CN(C(=O)O)C(C)(C)C1CN(c2ccc(N)nc2)CCO1. The predicted molar refractivity (Wildman–Crippen MR) is 80.5 cm³/mol. The molecule has 2 rings (SSSR count). The summed E-state index contributed by atoms with van der Waals surface area (Å²) in [6.45, 7) is 5.64. The highest BCUT2D eigenvalue weighted by atomic mass is 16.5. The van der Waals surface area contributed by atoms with Crippen molar-refractivity contribution in [3.63, 3.8) is 0 Å². The number of amides is 1. The number of morpholine rings is 1. The molecule has 21 heavy (non-hydrogen) atoms. The topological polar surface area (TPSA) is 91.9 Å². The minimum absolute atomic E-state index is 0.218. The van der Waals surface area contributed by atoms with Gasteiger partial charge in [-0.25, -0.2) is 9.78 Å². The summed E-state index contributed by atoms with van der Waals surface area (Å²) in [5, 5.41) is 9.19. The molecule has 1 aliphatic rings. The van der Waals surface area contributed by atoms with Crippen LogP contribution >= 0.6 is 0 Å². The van der Waals surface area contributed by atoms with Crippen molar-refractivity contribution < 1.29 is 14.6 Å². The maximum atomic E-state index is 11.2. The predicted octanol–water partition coefficient (Wildman–Crippen LogP) is 1.26. The second kappa shape index (κ2) is 5.77. The summed E-state index contributed by atoms with van der Waals surface area (Å²) in [6, 6.07) is 3.67. The first-order chi connectivity index (χ1) is 9.82. The molecule has 3 N–H and O–H groups in total. The van der Waals surface area contributed by atoms with Gasteiger partial charge in [-0.2, -0.15) is 0 Å². The molecule has 0 bridgehead atoms. The molecule has 0 saturated carbocycles. The monoisotopic (exact) mass is 294 g/mol. The Bertz CT molecular complexity index is 503. The Morgan fingerprint density at radius 2 is 2.29 bits per heavy atom. The standard InChI is InChI=1S/C14H22N4O3/c1-14(2,17(3)13(19)20)11-9-18(6-7-21-11)10-4-5-12(15)16-8-10/h4-5,8,11H,6-7,9H2,1-3H3,(H2,15,16)(H,19,20). The third-order valence-corrected chi connectivity index (χ3v) is 4.14. The molecule has 0 aliphatic carbocycles.